The van der Waals surface area contributed by atoms with E-state index in [0.717, 1.165) is 25.7 Å². The fraction of sp³-hybridized carbons (Fsp3) is 0.500. The minimum atomic E-state index is -0.510. The van der Waals surface area contributed by atoms with Crippen LogP contribution in [0.1, 0.15) is 49.9 Å². The van der Waals surface area contributed by atoms with Gasteiger partial charge in [-0.2, -0.15) is 0 Å². The van der Waals surface area contributed by atoms with Gasteiger partial charge < -0.3 is 10.4 Å². The van der Waals surface area contributed by atoms with Crippen molar-refractivity contribution in [1.82, 2.24) is 14.9 Å². The summed E-state index contributed by atoms with van der Waals surface area (Å²) in [6.07, 6.45) is 5.48. The van der Waals surface area contributed by atoms with Crippen molar-refractivity contribution in [2.24, 2.45) is 5.92 Å². The Hall–Kier alpha value is -1.89. The summed E-state index contributed by atoms with van der Waals surface area (Å²) >= 11 is 3.32. The maximum Gasteiger partial charge on any atom is 0.268 e. The van der Waals surface area contributed by atoms with Gasteiger partial charge in [0, 0.05) is 23.3 Å². The van der Waals surface area contributed by atoms with Crippen LogP contribution >= 0.6 is 15.9 Å². The monoisotopic (exact) mass is 407 g/mol. The molecule has 3 rings (SSSR count). The smallest absolute Gasteiger partial charge is 0.268 e. The number of nitrogens with zero attached hydrogens (tertiary/aromatic N) is 2. The van der Waals surface area contributed by atoms with E-state index in [9.17, 15) is 14.7 Å². The van der Waals surface area contributed by atoms with Crippen molar-refractivity contribution in [3.05, 3.63) is 32.7 Å². The Morgan fingerprint density at radius 1 is 1.40 bits per heavy atom. The van der Waals surface area contributed by atoms with Crippen molar-refractivity contribution in [3.8, 4) is 5.75 Å². The fourth-order valence-corrected chi connectivity index (χ4v) is 3.78. The Morgan fingerprint density at radius 3 is 2.72 bits per heavy atom. The van der Waals surface area contributed by atoms with Gasteiger partial charge in [-0.15, -0.1) is 0 Å². The molecule has 0 unspecified atom stereocenters. The summed E-state index contributed by atoms with van der Waals surface area (Å²) in [5.74, 6) is -0.144. The first-order valence-electron chi connectivity index (χ1n) is 8.64. The first-order chi connectivity index (χ1) is 11.9. The molecule has 0 saturated heterocycles. The molecule has 1 amide bonds. The molecule has 0 bridgehead atoms. The first-order valence-corrected chi connectivity index (χ1v) is 9.43. The van der Waals surface area contributed by atoms with Gasteiger partial charge in [0.2, 0.25) is 0 Å². The number of aromatic nitrogens is 2. The average Bonchev–Trinajstić information content (AvgIpc) is 2.58. The number of pyridine rings is 2. The Labute approximate surface area is 154 Å². The summed E-state index contributed by atoms with van der Waals surface area (Å²) in [5, 5.41) is 13.9. The fourth-order valence-electron chi connectivity index (χ4n) is 3.45. The standard InChI is InChI=1S/C18H22BrN3O3/c1-3-22-16-13(8-11(19)9-20-16)15(23)14(18(22)25)17(24)21-12-6-4-10(2)5-7-12/h8-10,12,23H,3-7H2,1-2H3,(H,21,24). The van der Waals surface area contributed by atoms with Gasteiger partial charge in [-0.25, -0.2) is 4.98 Å². The predicted octanol–water partition coefficient (Wildman–Crippen LogP) is 3.19. The van der Waals surface area contributed by atoms with Crippen LogP contribution in [0.15, 0.2) is 21.5 Å². The zero-order valence-corrected chi connectivity index (χ0v) is 16.0. The molecule has 0 aromatic carbocycles. The maximum absolute atomic E-state index is 12.7. The third-order valence-electron chi connectivity index (χ3n) is 4.93. The summed E-state index contributed by atoms with van der Waals surface area (Å²) in [4.78, 5) is 29.7. The van der Waals surface area contributed by atoms with Gasteiger partial charge in [-0.05, 0) is 60.5 Å². The Morgan fingerprint density at radius 2 is 2.08 bits per heavy atom. The zero-order valence-electron chi connectivity index (χ0n) is 14.4. The van der Waals surface area contributed by atoms with Crippen molar-refractivity contribution >= 4 is 32.9 Å². The van der Waals surface area contributed by atoms with Crippen LogP contribution in [-0.4, -0.2) is 26.6 Å². The van der Waals surface area contributed by atoms with Crippen molar-refractivity contribution in [1.29, 1.82) is 0 Å². The molecular formula is C18H22BrN3O3. The lowest BCUT2D eigenvalue weighted by atomic mass is 9.87. The van der Waals surface area contributed by atoms with Crippen LogP contribution < -0.4 is 10.9 Å². The SMILES string of the molecule is CCn1c(=O)c(C(=O)NC2CCC(C)CC2)c(O)c2cc(Br)cnc21. The number of fused-ring (bicyclic) bond motifs is 1. The first kappa shape index (κ1) is 17.9. The highest BCUT2D eigenvalue weighted by Crippen LogP contribution is 2.28. The zero-order chi connectivity index (χ0) is 18.1. The van der Waals surface area contributed by atoms with Crippen LogP contribution in [-0.2, 0) is 6.54 Å². The molecule has 1 aliphatic rings. The van der Waals surface area contributed by atoms with Crippen LogP contribution in [0, 0.1) is 5.92 Å². The number of halogens is 1. The molecule has 2 N–H and O–H groups in total. The topological polar surface area (TPSA) is 84.2 Å². The lowest BCUT2D eigenvalue weighted by molar-refractivity contribution is 0.0918. The number of nitrogens with one attached hydrogen (secondary N) is 1. The number of carbonyl (C=O) groups is 1. The normalized spacial score (nSPS) is 20.6. The van der Waals surface area contributed by atoms with E-state index in [2.05, 4.69) is 33.2 Å². The molecule has 0 spiro atoms. The Kier molecular flexibility index (Phi) is 5.13. The van der Waals surface area contributed by atoms with E-state index in [4.69, 9.17) is 0 Å². The predicted molar refractivity (Wildman–Crippen MR) is 99.9 cm³/mol. The number of rotatable bonds is 3. The van der Waals surface area contributed by atoms with Crippen LogP contribution in [0.4, 0.5) is 0 Å². The quantitative estimate of drug-likeness (QED) is 0.817. The highest BCUT2D eigenvalue weighted by Gasteiger charge is 2.26. The molecule has 1 aliphatic carbocycles. The molecule has 7 heteroatoms. The average molecular weight is 408 g/mol. The van der Waals surface area contributed by atoms with Crippen LogP contribution in [0.5, 0.6) is 5.75 Å². The number of hydrogen-bond donors (Lipinski definition) is 2. The van der Waals surface area contributed by atoms with E-state index >= 15 is 0 Å². The molecule has 134 valence electrons. The molecular weight excluding hydrogens is 386 g/mol. The third kappa shape index (κ3) is 3.42. The third-order valence-corrected chi connectivity index (χ3v) is 5.37. The maximum atomic E-state index is 12.7. The van der Waals surface area contributed by atoms with Crippen LogP contribution in [0.25, 0.3) is 11.0 Å². The molecule has 1 saturated carbocycles. The van der Waals surface area contributed by atoms with Crippen LogP contribution in [0.2, 0.25) is 0 Å². The van der Waals surface area contributed by atoms with E-state index in [0.29, 0.717) is 28.0 Å². The minimum Gasteiger partial charge on any atom is -0.506 e. The molecule has 2 aromatic heterocycles. The minimum absolute atomic E-state index is 0.0499. The van der Waals surface area contributed by atoms with Crippen molar-refractivity contribution < 1.29 is 9.90 Å². The molecule has 0 atom stereocenters. The van der Waals surface area contributed by atoms with Gasteiger partial charge in [0.25, 0.3) is 11.5 Å². The summed E-state index contributed by atoms with van der Waals surface area (Å²) in [6.45, 7) is 4.38. The van der Waals surface area contributed by atoms with Crippen molar-refractivity contribution in [3.63, 3.8) is 0 Å². The van der Waals surface area contributed by atoms with E-state index in [1.54, 1.807) is 12.3 Å². The second-order valence-corrected chi connectivity index (χ2v) is 7.64. The van der Waals surface area contributed by atoms with E-state index in [-0.39, 0.29) is 17.4 Å². The number of hydrogen-bond acceptors (Lipinski definition) is 4. The molecule has 2 heterocycles. The second-order valence-electron chi connectivity index (χ2n) is 6.73. The second kappa shape index (κ2) is 7.15. The molecule has 6 nitrogen and oxygen atoms in total. The molecule has 0 radical (unpaired) electrons. The number of aromatic hydroxyl groups is 1. The highest BCUT2D eigenvalue weighted by atomic mass is 79.9. The molecule has 2 aromatic rings. The molecule has 0 aliphatic heterocycles. The van der Waals surface area contributed by atoms with Gasteiger partial charge in [0.1, 0.15) is 17.0 Å². The van der Waals surface area contributed by atoms with Crippen LogP contribution in [0.3, 0.4) is 0 Å². The largest absolute Gasteiger partial charge is 0.506 e. The number of carbonyl (C=O) groups excluding carboxylic acids is 1. The Bertz CT molecular complexity index is 870. The lowest BCUT2D eigenvalue weighted by Gasteiger charge is -2.27. The van der Waals surface area contributed by atoms with E-state index < -0.39 is 11.5 Å². The van der Waals surface area contributed by atoms with Gasteiger partial charge in [0.05, 0.1) is 5.39 Å². The summed E-state index contributed by atoms with van der Waals surface area (Å²) < 4.78 is 2.09. The highest BCUT2D eigenvalue weighted by molar-refractivity contribution is 9.10. The summed E-state index contributed by atoms with van der Waals surface area (Å²) in [6, 6.07) is 1.72. The lowest BCUT2D eigenvalue weighted by Crippen LogP contribution is -2.40. The van der Waals surface area contributed by atoms with Gasteiger partial charge in [0.15, 0.2) is 0 Å². The van der Waals surface area contributed by atoms with E-state index in [1.807, 2.05) is 6.92 Å². The van der Waals surface area contributed by atoms with Gasteiger partial charge in [-0.1, -0.05) is 6.92 Å². The van der Waals surface area contributed by atoms with Crippen molar-refractivity contribution in [2.75, 3.05) is 0 Å². The van der Waals surface area contributed by atoms with Crippen molar-refractivity contribution in [2.45, 2.75) is 52.1 Å². The molecule has 25 heavy (non-hydrogen) atoms. The van der Waals surface area contributed by atoms with Gasteiger partial charge >= 0.3 is 0 Å². The summed E-state index contributed by atoms with van der Waals surface area (Å²) in [5.41, 5.74) is -0.340. The molecule has 1 fully saturated rings. The summed E-state index contributed by atoms with van der Waals surface area (Å²) in [7, 11) is 0. The van der Waals surface area contributed by atoms with E-state index in [1.165, 1.54) is 4.57 Å². The Balaban J connectivity index is 2.03. The number of aryl methyl sites for hydroxylation is 1. The van der Waals surface area contributed by atoms with Gasteiger partial charge in [-0.3, -0.25) is 14.2 Å². The number of amides is 1.